The van der Waals surface area contributed by atoms with Crippen LogP contribution in [0.3, 0.4) is 0 Å². The Morgan fingerprint density at radius 2 is 1.83 bits per heavy atom. The lowest BCUT2D eigenvalue weighted by atomic mass is 10.2. The number of hydrogen-bond acceptors (Lipinski definition) is 5. The van der Waals surface area contributed by atoms with Gasteiger partial charge in [0.15, 0.2) is 17.5 Å². The zero-order chi connectivity index (χ0) is 17.3. The first-order valence-corrected chi connectivity index (χ1v) is 9.29. The predicted octanol–water partition coefficient (Wildman–Crippen LogP) is 1.42. The zero-order valence-electron chi connectivity index (χ0n) is 14.5. The SMILES string of the molecule is CN=C(NCCCS(C)(=O)=O)NCc1ccc(OC)c(OC)c1.I. The van der Waals surface area contributed by atoms with Gasteiger partial charge in [-0.25, -0.2) is 8.42 Å². The summed E-state index contributed by atoms with van der Waals surface area (Å²) in [4.78, 5) is 4.10. The number of ether oxygens (including phenoxy) is 2. The summed E-state index contributed by atoms with van der Waals surface area (Å²) in [5.74, 6) is 2.13. The van der Waals surface area contributed by atoms with Crippen molar-refractivity contribution in [1.82, 2.24) is 10.6 Å². The minimum absolute atomic E-state index is 0. The molecule has 0 amide bonds. The molecule has 0 fully saturated rings. The van der Waals surface area contributed by atoms with Crippen LogP contribution in [0.4, 0.5) is 0 Å². The van der Waals surface area contributed by atoms with Crippen molar-refractivity contribution in [3.05, 3.63) is 23.8 Å². The highest BCUT2D eigenvalue weighted by molar-refractivity contribution is 14.0. The van der Waals surface area contributed by atoms with E-state index in [-0.39, 0.29) is 29.7 Å². The Balaban J connectivity index is 0.00000529. The van der Waals surface area contributed by atoms with Gasteiger partial charge in [-0.05, 0) is 24.1 Å². The molecule has 0 atom stereocenters. The highest BCUT2D eigenvalue weighted by Gasteiger charge is 2.06. The minimum atomic E-state index is -2.92. The number of halogens is 1. The second kappa shape index (κ2) is 11.3. The molecule has 0 aliphatic carbocycles. The molecule has 0 radical (unpaired) electrons. The van der Waals surface area contributed by atoms with Crippen molar-refractivity contribution in [2.75, 3.05) is 39.8 Å². The maximum absolute atomic E-state index is 11.1. The second-order valence-electron chi connectivity index (χ2n) is 5.03. The van der Waals surface area contributed by atoms with Gasteiger partial charge in [-0.1, -0.05) is 6.07 Å². The third-order valence-corrected chi connectivity index (χ3v) is 4.15. The highest BCUT2D eigenvalue weighted by Crippen LogP contribution is 2.27. The fourth-order valence-corrected chi connectivity index (χ4v) is 2.61. The first-order chi connectivity index (χ1) is 10.9. The molecule has 0 aliphatic heterocycles. The van der Waals surface area contributed by atoms with E-state index in [4.69, 9.17) is 9.47 Å². The number of nitrogens with zero attached hydrogens (tertiary/aromatic N) is 1. The molecule has 1 aromatic carbocycles. The van der Waals surface area contributed by atoms with Gasteiger partial charge >= 0.3 is 0 Å². The van der Waals surface area contributed by atoms with E-state index in [0.717, 1.165) is 5.56 Å². The molecule has 0 saturated carbocycles. The standard InChI is InChI=1S/C15H25N3O4S.HI/c1-16-15(17-8-5-9-23(4,19)20)18-11-12-6-7-13(21-2)14(10-12)22-3;/h6-7,10H,5,8-9,11H2,1-4H3,(H2,16,17,18);1H. The number of benzene rings is 1. The van der Waals surface area contributed by atoms with Gasteiger partial charge in [-0.15, -0.1) is 24.0 Å². The summed E-state index contributed by atoms with van der Waals surface area (Å²) in [7, 11) is 1.93. The number of rotatable bonds is 8. The Labute approximate surface area is 161 Å². The molecule has 2 N–H and O–H groups in total. The van der Waals surface area contributed by atoms with Crippen LogP contribution in [-0.2, 0) is 16.4 Å². The largest absolute Gasteiger partial charge is 0.493 e. The van der Waals surface area contributed by atoms with E-state index in [0.29, 0.717) is 37.0 Å². The van der Waals surface area contributed by atoms with Crippen LogP contribution in [-0.4, -0.2) is 54.2 Å². The van der Waals surface area contributed by atoms with Crippen LogP contribution >= 0.6 is 24.0 Å². The topological polar surface area (TPSA) is 89.0 Å². The molecule has 1 rings (SSSR count). The molecule has 138 valence electrons. The number of guanidine groups is 1. The van der Waals surface area contributed by atoms with Gasteiger partial charge in [0.2, 0.25) is 0 Å². The molecule has 0 aromatic heterocycles. The van der Waals surface area contributed by atoms with E-state index in [1.54, 1.807) is 21.3 Å². The Morgan fingerprint density at radius 3 is 2.38 bits per heavy atom. The predicted molar refractivity (Wildman–Crippen MR) is 107 cm³/mol. The van der Waals surface area contributed by atoms with Crippen molar-refractivity contribution >= 4 is 39.8 Å². The van der Waals surface area contributed by atoms with Gasteiger partial charge in [0.1, 0.15) is 9.84 Å². The molecule has 0 saturated heterocycles. The lowest BCUT2D eigenvalue weighted by Crippen LogP contribution is -2.37. The van der Waals surface area contributed by atoms with Crippen molar-refractivity contribution in [1.29, 1.82) is 0 Å². The summed E-state index contributed by atoms with van der Waals surface area (Å²) < 4.78 is 32.6. The lowest BCUT2D eigenvalue weighted by Gasteiger charge is -2.13. The average molecular weight is 471 g/mol. The van der Waals surface area contributed by atoms with Crippen molar-refractivity contribution < 1.29 is 17.9 Å². The van der Waals surface area contributed by atoms with Crippen LogP contribution in [0.25, 0.3) is 0 Å². The summed E-state index contributed by atoms with van der Waals surface area (Å²) in [6.45, 7) is 1.10. The number of hydrogen-bond donors (Lipinski definition) is 2. The van der Waals surface area contributed by atoms with Gasteiger partial charge in [-0.3, -0.25) is 4.99 Å². The highest BCUT2D eigenvalue weighted by atomic mass is 127. The van der Waals surface area contributed by atoms with Gasteiger partial charge in [0.25, 0.3) is 0 Å². The average Bonchev–Trinajstić information content (AvgIpc) is 2.52. The van der Waals surface area contributed by atoms with E-state index in [1.807, 2.05) is 18.2 Å². The monoisotopic (exact) mass is 471 g/mol. The van der Waals surface area contributed by atoms with Gasteiger partial charge in [-0.2, -0.15) is 0 Å². The number of methoxy groups -OCH3 is 2. The Morgan fingerprint density at radius 1 is 1.17 bits per heavy atom. The second-order valence-corrected chi connectivity index (χ2v) is 7.29. The van der Waals surface area contributed by atoms with Crippen LogP contribution in [0.2, 0.25) is 0 Å². The van der Waals surface area contributed by atoms with Gasteiger partial charge < -0.3 is 20.1 Å². The summed E-state index contributed by atoms with van der Waals surface area (Å²) in [6, 6.07) is 5.67. The Kier molecular flexibility index (Phi) is 10.8. The smallest absolute Gasteiger partial charge is 0.191 e. The molecule has 9 heteroatoms. The molecule has 24 heavy (non-hydrogen) atoms. The Hall–Kier alpha value is -1.23. The molecule has 0 heterocycles. The fraction of sp³-hybridized carbons (Fsp3) is 0.533. The van der Waals surface area contributed by atoms with Crippen LogP contribution in [0.1, 0.15) is 12.0 Å². The molecule has 0 spiro atoms. The first-order valence-electron chi connectivity index (χ1n) is 7.22. The number of nitrogens with one attached hydrogen (secondary N) is 2. The van der Waals surface area contributed by atoms with Crippen molar-refractivity contribution in [2.24, 2.45) is 4.99 Å². The van der Waals surface area contributed by atoms with E-state index >= 15 is 0 Å². The summed E-state index contributed by atoms with van der Waals surface area (Å²) in [5.41, 5.74) is 1.02. The fourth-order valence-electron chi connectivity index (χ4n) is 1.94. The maximum Gasteiger partial charge on any atom is 0.191 e. The first kappa shape index (κ1) is 22.8. The lowest BCUT2D eigenvalue weighted by molar-refractivity contribution is 0.354. The summed E-state index contributed by atoms with van der Waals surface area (Å²) in [6.07, 6.45) is 1.77. The summed E-state index contributed by atoms with van der Waals surface area (Å²) >= 11 is 0. The quantitative estimate of drug-likeness (QED) is 0.258. The zero-order valence-corrected chi connectivity index (χ0v) is 17.6. The van der Waals surface area contributed by atoms with Crippen LogP contribution in [0.5, 0.6) is 11.5 Å². The minimum Gasteiger partial charge on any atom is -0.493 e. The molecular weight excluding hydrogens is 445 g/mol. The van der Waals surface area contributed by atoms with E-state index in [1.165, 1.54) is 6.26 Å². The van der Waals surface area contributed by atoms with Gasteiger partial charge in [0, 0.05) is 26.4 Å². The molecular formula is C15H26IN3O4S. The molecule has 0 bridgehead atoms. The van der Waals surface area contributed by atoms with Crippen LogP contribution < -0.4 is 20.1 Å². The Bertz CT molecular complexity index is 636. The van der Waals surface area contributed by atoms with E-state index < -0.39 is 9.84 Å². The van der Waals surface area contributed by atoms with E-state index in [2.05, 4.69) is 15.6 Å². The molecule has 0 aliphatic rings. The van der Waals surface area contributed by atoms with E-state index in [9.17, 15) is 8.42 Å². The third kappa shape index (κ3) is 8.57. The van der Waals surface area contributed by atoms with Gasteiger partial charge in [0.05, 0.1) is 20.0 Å². The number of sulfone groups is 1. The molecule has 7 nitrogen and oxygen atoms in total. The third-order valence-electron chi connectivity index (χ3n) is 3.12. The van der Waals surface area contributed by atoms with Crippen molar-refractivity contribution in [3.8, 4) is 11.5 Å². The van der Waals surface area contributed by atoms with Crippen LogP contribution in [0.15, 0.2) is 23.2 Å². The van der Waals surface area contributed by atoms with Crippen LogP contribution in [0, 0.1) is 0 Å². The van der Waals surface area contributed by atoms with Crippen molar-refractivity contribution in [2.45, 2.75) is 13.0 Å². The molecule has 1 aromatic rings. The van der Waals surface area contributed by atoms with Crippen molar-refractivity contribution in [3.63, 3.8) is 0 Å². The normalized spacial score (nSPS) is 11.4. The molecule has 0 unspecified atom stereocenters. The maximum atomic E-state index is 11.1. The summed E-state index contributed by atoms with van der Waals surface area (Å²) in [5, 5.41) is 6.25. The number of aliphatic imine (C=N–C) groups is 1.